The molecule has 0 spiro atoms. The zero-order valence-electron chi connectivity index (χ0n) is 16.5. The summed E-state index contributed by atoms with van der Waals surface area (Å²) in [6.45, 7) is -1.06. The van der Waals surface area contributed by atoms with Gasteiger partial charge in [0, 0.05) is 0 Å². The van der Waals surface area contributed by atoms with E-state index in [9.17, 15) is 18.0 Å². The molecule has 160 valence electrons. The average Bonchev–Trinajstić information content (AvgIpc) is 2.77. The molecule has 0 aliphatic rings. The molecule has 3 rings (SSSR count). The van der Waals surface area contributed by atoms with Gasteiger partial charge in [-0.1, -0.05) is 24.3 Å². The van der Waals surface area contributed by atoms with Crippen LogP contribution in [0.3, 0.4) is 0 Å². The fourth-order valence-electron chi connectivity index (χ4n) is 2.66. The molecule has 0 saturated heterocycles. The van der Waals surface area contributed by atoms with Gasteiger partial charge in [-0.2, -0.15) is 13.9 Å². The number of carbonyl (C=O) groups excluding carboxylic acids is 1. The fraction of sp³-hybridized carbons (Fsp3) is 0.130. The molecule has 0 aromatic heterocycles. The molecule has 0 aliphatic carbocycles. The molecule has 8 heteroatoms. The van der Waals surface area contributed by atoms with Crippen LogP contribution in [0, 0.1) is 5.82 Å². The molecule has 0 bridgehead atoms. The highest BCUT2D eigenvalue weighted by Crippen LogP contribution is 2.20. The van der Waals surface area contributed by atoms with Crippen molar-refractivity contribution in [2.45, 2.75) is 20.1 Å². The predicted octanol–water partition coefficient (Wildman–Crippen LogP) is 5.16. The van der Waals surface area contributed by atoms with E-state index >= 15 is 0 Å². The molecule has 1 N–H and O–H groups in total. The number of hydrazone groups is 1. The minimum Gasteiger partial charge on any atom is -0.488 e. The highest BCUT2D eigenvalue weighted by Gasteiger charge is 2.12. The Hall–Kier alpha value is -3.81. The van der Waals surface area contributed by atoms with E-state index in [0.717, 1.165) is 5.56 Å². The van der Waals surface area contributed by atoms with Gasteiger partial charge in [-0.3, -0.25) is 4.79 Å². The Morgan fingerprint density at radius 1 is 1.00 bits per heavy atom. The van der Waals surface area contributed by atoms with Crippen molar-refractivity contribution in [2.75, 3.05) is 0 Å². The van der Waals surface area contributed by atoms with Gasteiger partial charge in [0.25, 0.3) is 5.91 Å². The number of hydrogen-bond donors (Lipinski definition) is 1. The number of benzene rings is 3. The lowest BCUT2D eigenvalue weighted by atomic mass is 10.1. The van der Waals surface area contributed by atoms with Crippen molar-refractivity contribution in [1.29, 1.82) is 0 Å². The third kappa shape index (κ3) is 6.33. The lowest BCUT2D eigenvalue weighted by Crippen LogP contribution is -2.20. The maximum absolute atomic E-state index is 13.0. The number of nitrogens with one attached hydrogen (secondary N) is 1. The van der Waals surface area contributed by atoms with Gasteiger partial charge in [0.1, 0.15) is 23.9 Å². The van der Waals surface area contributed by atoms with Crippen LogP contribution in [0.1, 0.15) is 28.4 Å². The van der Waals surface area contributed by atoms with Crippen LogP contribution in [0.15, 0.2) is 77.9 Å². The van der Waals surface area contributed by atoms with Crippen LogP contribution >= 0.6 is 0 Å². The van der Waals surface area contributed by atoms with Gasteiger partial charge < -0.3 is 9.47 Å². The lowest BCUT2D eigenvalue weighted by molar-refractivity contribution is -0.0498. The Bertz CT molecular complexity index is 1050. The number of hydrogen-bond acceptors (Lipinski definition) is 4. The van der Waals surface area contributed by atoms with Crippen LogP contribution in [-0.2, 0) is 6.61 Å². The predicted molar refractivity (Wildman–Crippen MR) is 110 cm³/mol. The van der Waals surface area contributed by atoms with Crippen molar-refractivity contribution < 1.29 is 27.4 Å². The van der Waals surface area contributed by atoms with E-state index in [1.165, 1.54) is 24.3 Å². The Morgan fingerprint density at radius 3 is 2.35 bits per heavy atom. The van der Waals surface area contributed by atoms with E-state index in [1.807, 2.05) is 0 Å². The van der Waals surface area contributed by atoms with Crippen molar-refractivity contribution in [1.82, 2.24) is 5.43 Å². The van der Waals surface area contributed by atoms with E-state index in [-0.39, 0.29) is 23.7 Å². The summed E-state index contributed by atoms with van der Waals surface area (Å²) in [4.78, 5) is 12.6. The van der Waals surface area contributed by atoms with E-state index in [2.05, 4.69) is 15.3 Å². The highest BCUT2D eigenvalue weighted by atomic mass is 19.3. The van der Waals surface area contributed by atoms with Crippen molar-refractivity contribution in [3.8, 4) is 11.5 Å². The molecule has 3 aromatic carbocycles. The third-order valence-electron chi connectivity index (χ3n) is 4.26. The third-order valence-corrected chi connectivity index (χ3v) is 4.26. The van der Waals surface area contributed by atoms with Crippen LogP contribution in [-0.4, -0.2) is 18.2 Å². The minimum atomic E-state index is -2.90. The van der Waals surface area contributed by atoms with Gasteiger partial charge in [-0.05, 0) is 66.6 Å². The minimum absolute atomic E-state index is 0.0304. The second kappa shape index (κ2) is 10.3. The van der Waals surface area contributed by atoms with Gasteiger partial charge >= 0.3 is 6.61 Å². The normalized spacial score (nSPS) is 11.3. The topological polar surface area (TPSA) is 59.9 Å². The Labute approximate surface area is 177 Å². The molecule has 0 saturated carbocycles. The summed E-state index contributed by atoms with van der Waals surface area (Å²) >= 11 is 0. The van der Waals surface area contributed by atoms with Crippen LogP contribution in [0.5, 0.6) is 11.5 Å². The van der Waals surface area contributed by atoms with Gasteiger partial charge in [0.2, 0.25) is 0 Å². The van der Waals surface area contributed by atoms with Crippen LogP contribution in [0.25, 0.3) is 0 Å². The summed E-state index contributed by atoms with van der Waals surface area (Å²) in [6, 6.07) is 18.4. The fourth-order valence-corrected chi connectivity index (χ4v) is 2.66. The van der Waals surface area contributed by atoms with E-state index in [4.69, 9.17) is 4.74 Å². The first-order chi connectivity index (χ1) is 14.9. The van der Waals surface area contributed by atoms with Crippen LogP contribution in [0.4, 0.5) is 13.2 Å². The monoisotopic (exact) mass is 428 g/mol. The van der Waals surface area contributed by atoms with E-state index in [0.29, 0.717) is 17.0 Å². The first-order valence-electron chi connectivity index (χ1n) is 9.28. The van der Waals surface area contributed by atoms with Crippen molar-refractivity contribution >= 4 is 11.6 Å². The number of nitrogens with zero attached hydrogens (tertiary/aromatic N) is 1. The quantitative estimate of drug-likeness (QED) is 0.398. The maximum Gasteiger partial charge on any atom is 0.387 e. The van der Waals surface area contributed by atoms with Crippen molar-refractivity contribution in [3.63, 3.8) is 0 Å². The Kier molecular flexibility index (Phi) is 7.26. The van der Waals surface area contributed by atoms with Gasteiger partial charge in [0.05, 0.1) is 11.3 Å². The molecule has 5 nitrogen and oxygen atoms in total. The molecule has 0 aliphatic heterocycles. The zero-order chi connectivity index (χ0) is 22.2. The molecule has 1 amide bonds. The second-order valence-electron chi connectivity index (χ2n) is 6.45. The summed E-state index contributed by atoms with van der Waals surface area (Å²) in [5.74, 6) is -0.437. The molecule has 31 heavy (non-hydrogen) atoms. The molecular formula is C23H19F3N2O3. The van der Waals surface area contributed by atoms with Gasteiger partial charge in [-0.25, -0.2) is 9.82 Å². The number of para-hydroxylation sites is 1. The number of rotatable bonds is 8. The van der Waals surface area contributed by atoms with Gasteiger partial charge in [0.15, 0.2) is 0 Å². The molecule has 0 radical (unpaired) electrons. The number of ether oxygens (including phenoxy) is 2. The first kappa shape index (κ1) is 21.9. The maximum atomic E-state index is 13.0. The molecule has 0 atom stereocenters. The summed E-state index contributed by atoms with van der Waals surface area (Å²) < 4.78 is 47.5. The molecule has 0 heterocycles. The lowest BCUT2D eigenvalue weighted by Gasteiger charge is -2.11. The zero-order valence-corrected chi connectivity index (χ0v) is 16.5. The molecule has 0 unspecified atom stereocenters. The summed E-state index contributed by atoms with van der Waals surface area (Å²) in [5.41, 5.74) is 4.59. The van der Waals surface area contributed by atoms with Crippen molar-refractivity contribution in [2.24, 2.45) is 5.10 Å². The number of halogens is 3. The average molecular weight is 428 g/mol. The number of carbonyl (C=O) groups is 1. The van der Waals surface area contributed by atoms with Crippen LogP contribution in [0.2, 0.25) is 0 Å². The Morgan fingerprint density at radius 2 is 1.68 bits per heavy atom. The molecule has 0 fully saturated rings. The molecular weight excluding hydrogens is 409 g/mol. The van der Waals surface area contributed by atoms with Crippen LogP contribution < -0.4 is 14.9 Å². The first-order valence-corrected chi connectivity index (χ1v) is 9.28. The number of alkyl halides is 2. The van der Waals surface area contributed by atoms with Crippen molar-refractivity contribution in [3.05, 3.63) is 95.3 Å². The SMILES string of the molecule is C/C(=N\NC(=O)c1ccccc1OCc1ccc(F)cc1)c1ccc(OC(F)F)cc1. The highest BCUT2D eigenvalue weighted by molar-refractivity contribution is 6.01. The van der Waals surface area contributed by atoms with Gasteiger partial charge in [-0.15, -0.1) is 0 Å². The summed E-state index contributed by atoms with van der Waals surface area (Å²) in [5, 5.41) is 4.06. The largest absolute Gasteiger partial charge is 0.488 e. The second-order valence-corrected chi connectivity index (χ2v) is 6.45. The Balaban J connectivity index is 1.65. The summed E-state index contributed by atoms with van der Waals surface area (Å²) in [7, 11) is 0. The van der Waals surface area contributed by atoms with E-state index < -0.39 is 12.5 Å². The van der Waals surface area contributed by atoms with E-state index in [1.54, 1.807) is 55.5 Å². The number of amides is 1. The summed E-state index contributed by atoms with van der Waals surface area (Å²) in [6.07, 6.45) is 0. The smallest absolute Gasteiger partial charge is 0.387 e. The molecule has 3 aromatic rings. The standard InChI is InChI=1S/C23H19F3N2O3/c1-15(17-8-12-19(13-9-17)31-23(25)26)27-28-22(29)20-4-2-3-5-21(20)30-14-16-6-10-18(24)11-7-16/h2-13,23H,14H2,1H3,(H,28,29)/b27-15+.